The number of hydrogen-bond donors (Lipinski definition) is 1. The number of rotatable bonds is 4. The van der Waals surface area contributed by atoms with Crippen LogP contribution >= 0.6 is 11.6 Å². The Kier molecular flexibility index (Phi) is 3.24. The van der Waals surface area contributed by atoms with E-state index in [4.69, 9.17) is 11.6 Å². The Bertz CT molecular complexity index is 479. The van der Waals surface area contributed by atoms with Crippen LogP contribution in [0.25, 0.3) is 5.78 Å². The Morgan fingerprint density at radius 2 is 2.31 bits per heavy atom. The van der Waals surface area contributed by atoms with Gasteiger partial charge in [0.15, 0.2) is 0 Å². The van der Waals surface area contributed by atoms with Gasteiger partial charge in [-0.2, -0.15) is 19.6 Å². The third-order valence-corrected chi connectivity index (χ3v) is 2.44. The highest BCUT2D eigenvalue weighted by atomic mass is 35.5. The first-order chi connectivity index (χ1) is 7.66. The molecule has 0 radical (unpaired) electrons. The van der Waals surface area contributed by atoms with Crippen LogP contribution in [0, 0.1) is 5.92 Å². The van der Waals surface area contributed by atoms with Crippen molar-refractivity contribution in [1.82, 2.24) is 19.6 Å². The molecule has 6 heteroatoms. The second-order valence-electron chi connectivity index (χ2n) is 4.05. The van der Waals surface area contributed by atoms with Crippen LogP contribution in [0.1, 0.15) is 20.3 Å². The lowest BCUT2D eigenvalue weighted by atomic mass is 10.1. The molecule has 16 heavy (non-hydrogen) atoms. The lowest BCUT2D eigenvalue weighted by Crippen LogP contribution is -2.09. The van der Waals surface area contributed by atoms with E-state index in [-0.39, 0.29) is 0 Å². The van der Waals surface area contributed by atoms with Gasteiger partial charge in [0.05, 0.1) is 0 Å². The van der Waals surface area contributed by atoms with Crippen LogP contribution in [0.2, 0.25) is 5.15 Å². The summed E-state index contributed by atoms with van der Waals surface area (Å²) >= 11 is 5.89. The fourth-order valence-electron chi connectivity index (χ4n) is 1.40. The maximum absolute atomic E-state index is 5.89. The molecule has 0 aliphatic rings. The largest absolute Gasteiger partial charge is 0.370 e. The van der Waals surface area contributed by atoms with Gasteiger partial charge in [-0.1, -0.05) is 25.4 Å². The molecule has 0 amide bonds. The van der Waals surface area contributed by atoms with Gasteiger partial charge in [-0.05, 0) is 12.3 Å². The lowest BCUT2D eigenvalue weighted by Gasteiger charge is -2.09. The topological polar surface area (TPSA) is 55.1 Å². The Balaban J connectivity index is 2.19. The first-order valence-electron chi connectivity index (χ1n) is 5.27. The summed E-state index contributed by atoms with van der Waals surface area (Å²) in [6.07, 6.45) is 2.56. The van der Waals surface area contributed by atoms with Crippen LogP contribution in [-0.2, 0) is 0 Å². The molecule has 0 atom stereocenters. The van der Waals surface area contributed by atoms with Gasteiger partial charge in [-0.25, -0.2) is 0 Å². The quantitative estimate of drug-likeness (QED) is 0.832. The van der Waals surface area contributed by atoms with Crippen molar-refractivity contribution in [3.8, 4) is 0 Å². The van der Waals surface area contributed by atoms with Gasteiger partial charge >= 0.3 is 0 Å². The number of anilines is 1. The standard InChI is InChI=1S/C10H14ClN5/c1-7(2)3-4-12-9-5-8(11)15-10-13-6-14-16(9)10/h5-7,12H,3-4H2,1-2H3. The van der Waals surface area contributed by atoms with E-state index in [1.165, 1.54) is 6.33 Å². The summed E-state index contributed by atoms with van der Waals surface area (Å²) in [7, 11) is 0. The van der Waals surface area contributed by atoms with E-state index in [1.807, 2.05) is 0 Å². The summed E-state index contributed by atoms with van der Waals surface area (Å²) in [5, 5.41) is 7.79. The van der Waals surface area contributed by atoms with Crippen LogP contribution in [0.15, 0.2) is 12.4 Å². The summed E-state index contributed by atoms with van der Waals surface area (Å²) < 4.78 is 1.65. The molecule has 0 bridgehead atoms. The zero-order chi connectivity index (χ0) is 11.5. The molecule has 0 unspecified atom stereocenters. The minimum atomic E-state index is 0.424. The van der Waals surface area contributed by atoms with E-state index in [0.717, 1.165) is 18.8 Å². The number of halogens is 1. The number of aromatic nitrogens is 4. The SMILES string of the molecule is CC(C)CCNc1cc(Cl)nc2ncnn12. The summed E-state index contributed by atoms with van der Waals surface area (Å²) in [6.45, 7) is 5.26. The summed E-state index contributed by atoms with van der Waals surface area (Å²) in [6, 6.07) is 1.75. The van der Waals surface area contributed by atoms with Crippen molar-refractivity contribution < 1.29 is 0 Å². The smallest absolute Gasteiger partial charge is 0.255 e. The van der Waals surface area contributed by atoms with Crippen LogP contribution in [-0.4, -0.2) is 26.1 Å². The van der Waals surface area contributed by atoms with Gasteiger partial charge in [-0.3, -0.25) is 0 Å². The highest BCUT2D eigenvalue weighted by molar-refractivity contribution is 6.29. The van der Waals surface area contributed by atoms with E-state index in [9.17, 15) is 0 Å². The Labute approximate surface area is 98.9 Å². The third kappa shape index (κ3) is 2.41. The highest BCUT2D eigenvalue weighted by Crippen LogP contribution is 2.14. The molecular weight excluding hydrogens is 226 g/mol. The molecule has 1 N–H and O–H groups in total. The maximum Gasteiger partial charge on any atom is 0.255 e. The van der Waals surface area contributed by atoms with Crippen molar-refractivity contribution in [2.45, 2.75) is 20.3 Å². The molecule has 2 aromatic heterocycles. The highest BCUT2D eigenvalue weighted by Gasteiger charge is 2.05. The van der Waals surface area contributed by atoms with E-state index in [1.54, 1.807) is 10.6 Å². The van der Waals surface area contributed by atoms with Gasteiger partial charge < -0.3 is 5.32 Å². The summed E-state index contributed by atoms with van der Waals surface area (Å²) in [5.74, 6) is 2.00. The zero-order valence-corrected chi connectivity index (χ0v) is 10.1. The van der Waals surface area contributed by atoms with Crippen molar-refractivity contribution in [1.29, 1.82) is 0 Å². The minimum absolute atomic E-state index is 0.424. The van der Waals surface area contributed by atoms with Crippen molar-refractivity contribution in [3.05, 3.63) is 17.5 Å². The Morgan fingerprint density at radius 1 is 1.50 bits per heavy atom. The molecule has 0 saturated carbocycles. The van der Waals surface area contributed by atoms with Crippen molar-refractivity contribution in [2.24, 2.45) is 5.92 Å². The normalized spacial score (nSPS) is 11.2. The van der Waals surface area contributed by atoms with Gasteiger partial charge in [0, 0.05) is 12.6 Å². The van der Waals surface area contributed by atoms with Crippen molar-refractivity contribution in [3.63, 3.8) is 0 Å². The van der Waals surface area contributed by atoms with Crippen LogP contribution < -0.4 is 5.32 Å². The average Bonchev–Trinajstić information content (AvgIpc) is 2.64. The third-order valence-electron chi connectivity index (χ3n) is 2.25. The first-order valence-corrected chi connectivity index (χ1v) is 5.65. The molecule has 0 fully saturated rings. The molecule has 86 valence electrons. The molecule has 5 nitrogen and oxygen atoms in total. The number of hydrogen-bond acceptors (Lipinski definition) is 4. The van der Waals surface area contributed by atoms with E-state index in [2.05, 4.69) is 34.2 Å². The molecular formula is C10H14ClN5. The lowest BCUT2D eigenvalue weighted by molar-refractivity contribution is 0.606. The minimum Gasteiger partial charge on any atom is -0.370 e. The van der Waals surface area contributed by atoms with Crippen LogP contribution in [0.3, 0.4) is 0 Å². The van der Waals surface area contributed by atoms with E-state index in [0.29, 0.717) is 16.8 Å². The Morgan fingerprint density at radius 3 is 3.06 bits per heavy atom. The van der Waals surface area contributed by atoms with Gasteiger partial charge in [0.1, 0.15) is 17.3 Å². The number of nitrogens with one attached hydrogen (secondary N) is 1. The van der Waals surface area contributed by atoms with Gasteiger partial charge in [-0.15, -0.1) is 0 Å². The number of nitrogens with zero attached hydrogens (tertiary/aromatic N) is 4. The predicted octanol–water partition coefficient (Wildman–Crippen LogP) is 2.24. The van der Waals surface area contributed by atoms with Crippen molar-refractivity contribution >= 4 is 23.2 Å². The fourth-order valence-corrected chi connectivity index (χ4v) is 1.58. The van der Waals surface area contributed by atoms with Crippen molar-refractivity contribution in [2.75, 3.05) is 11.9 Å². The molecule has 2 rings (SSSR count). The molecule has 0 aromatic carbocycles. The molecule has 0 spiro atoms. The number of fused-ring (bicyclic) bond motifs is 1. The average molecular weight is 240 g/mol. The molecule has 0 aliphatic carbocycles. The second-order valence-corrected chi connectivity index (χ2v) is 4.43. The molecule has 0 aliphatic heterocycles. The van der Waals surface area contributed by atoms with Crippen LogP contribution in [0.5, 0.6) is 0 Å². The Hall–Kier alpha value is -1.36. The molecule has 2 heterocycles. The van der Waals surface area contributed by atoms with Crippen LogP contribution in [0.4, 0.5) is 5.82 Å². The predicted molar refractivity (Wildman–Crippen MR) is 63.7 cm³/mol. The molecule has 0 saturated heterocycles. The van der Waals surface area contributed by atoms with E-state index >= 15 is 0 Å². The zero-order valence-electron chi connectivity index (χ0n) is 9.31. The monoisotopic (exact) mass is 239 g/mol. The van der Waals surface area contributed by atoms with Gasteiger partial charge in [0.2, 0.25) is 0 Å². The fraction of sp³-hybridized carbons (Fsp3) is 0.500. The summed E-state index contributed by atoms with van der Waals surface area (Å²) in [4.78, 5) is 8.05. The summed E-state index contributed by atoms with van der Waals surface area (Å²) in [5.41, 5.74) is 0. The van der Waals surface area contributed by atoms with E-state index < -0.39 is 0 Å². The molecule has 2 aromatic rings. The second kappa shape index (κ2) is 4.65. The van der Waals surface area contributed by atoms with Gasteiger partial charge in [0.25, 0.3) is 5.78 Å². The first kappa shape index (κ1) is 11.1. The maximum atomic E-state index is 5.89.